The van der Waals surface area contributed by atoms with E-state index in [0.29, 0.717) is 36.6 Å². The average Bonchev–Trinajstić information content (AvgIpc) is 2.42. The van der Waals surface area contributed by atoms with E-state index in [1.807, 2.05) is 13.0 Å². The standard InChI is InChI=1S/C14H17ClN2O3/c1-9-2-3-12(11(15)8-9)16-14(20)17-6-4-10(5-7-17)13(18)19/h2-3,8,10H,4-7H2,1H3,(H,16,20)(H,18,19). The number of amides is 2. The van der Waals surface area contributed by atoms with E-state index >= 15 is 0 Å². The van der Waals surface area contributed by atoms with Crippen LogP contribution in [0.15, 0.2) is 18.2 Å². The Morgan fingerprint density at radius 3 is 2.55 bits per heavy atom. The number of carboxylic acids is 1. The molecule has 1 saturated heterocycles. The Morgan fingerprint density at radius 1 is 1.35 bits per heavy atom. The number of likely N-dealkylation sites (tertiary alicyclic amines) is 1. The van der Waals surface area contributed by atoms with Gasteiger partial charge in [-0.3, -0.25) is 4.79 Å². The number of hydrogen-bond acceptors (Lipinski definition) is 2. The summed E-state index contributed by atoms with van der Waals surface area (Å²) in [6, 6.07) is 5.19. The Labute approximate surface area is 122 Å². The van der Waals surface area contributed by atoms with Crippen LogP contribution in [0.25, 0.3) is 0 Å². The largest absolute Gasteiger partial charge is 0.481 e. The van der Waals surface area contributed by atoms with Gasteiger partial charge in [0.05, 0.1) is 16.6 Å². The topological polar surface area (TPSA) is 69.6 Å². The SMILES string of the molecule is Cc1ccc(NC(=O)N2CCC(C(=O)O)CC2)c(Cl)c1. The third-order valence-corrected chi connectivity index (χ3v) is 3.81. The van der Waals surface area contributed by atoms with Gasteiger partial charge in [-0.1, -0.05) is 17.7 Å². The summed E-state index contributed by atoms with van der Waals surface area (Å²) < 4.78 is 0. The highest BCUT2D eigenvalue weighted by Crippen LogP contribution is 2.24. The van der Waals surface area contributed by atoms with Gasteiger partial charge in [-0.15, -0.1) is 0 Å². The van der Waals surface area contributed by atoms with Crippen LogP contribution < -0.4 is 5.32 Å². The van der Waals surface area contributed by atoms with Crippen molar-refractivity contribution in [2.24, 2.45) is 5.92 Å². The van der Waals surface area contributed by atoms with Crippen molar-refractivity contribution in [1.82, 2.24) is 4.90 Å². The van der Waals surface area contributed by atoms with Gasteiger partial charge < -0.3 is 15.3 Å². The molecule has 1 heterocycles. The lowest BCUT2D eigenvalue weighted by atomic mass is 9.97. The molecule has 0 saturated carbocycles. The van der Waals surface area contributed by atoms with Gasteiger partial charge in [-0.05, 0) is 37.5 Å². The fourth-order valence-electron chi connectivity index (χ4n) is 2.25. The molecule has 0 bridgehead atoms. The molecule has 0 radical (unpaired) electrons. The minimum absolute atomic E-state index is 0.236. The molecule has 2 amide bonds. The number of rotatable bonds is 2. The molecule has 2 N–H and O–H groups in total. The molecule has 20 heavy (non-hydrogen) atoms. The Balaban J connectivity index is 1.94. The first-order valence-corrected chi connectivity index (χ1v) is 6.90. The molecule has 1 aliphatic rings. The van der Waals surface area contributed by atoms with Crippen LogP contribution in [0, 0.1) is 12.8 Å². The van der Waals surface area contributed by atoms with Crippen molar-refractivity contribution in [2.45, 2.75) is 19.8 Å². The number of nitrogens with one attached hydrogen (secondary N) is 1. The number of aliphatic carboxylic acids is 1. The van der Waals surface area contributed by atoms with Gasteiger partial charge in [0.15, 0.2) is 0 Å². The summed E-state index contributed by atoms with van der Waals surface area (Å²) in [7, 11) is 0. The van der Waals surface area contributed by atoms with Crippen LogP contribution >= 0.6 is 11.6 Å². The van der Waals surface area contributed by atoms with E-state index in [0.717, 1.165) is 5.56 Å². The molecule has 0 aromatic heterocycles. The van der Waals surface area contributed by atoms with Crippen LogP contribution in [0.1, 0.15) is 18.4 Å². The lowest BCUT2D eigenvalue weighted by Crippen LogP contribution is -2.42. The second kappa shape index (κ2) is 6.13. The predicted octanol–water partition coefficient (Wildman–Crippen LogP) is 2.98. The number of benzene rings is 1. The van der Waals surface area contributed by atoms with Crippen molar-refractivity contribution >= 4 is 29.3 Å². The minimum atomic E-state index is -0.786. The maximum atomic E-state index is 12.1. The summed E-state index contributed by atoms with van der Waals surface area (Å²) in [4.78, 5) is 24.6. The van der Waals surface area contributed by atoms with E-state index in [-0.39, 0.29) is 11.9 Å². The van der Waals surface area contributed by atoms with Crippen LogP contribution in [-0.2, 0) is 4.79 Å². The summed E-state index contributed by atoms with van der Waals surface area (Å²) in [6.45, 7) is 2.83. The maximum Gasteiger partial charge on any atom is 0.321 e. The highest BCUT2D eigenvalue weighted by molar-refractivity contribution is 6.33. The fraction of sp³-hybridized carbons (Fsp3) is 0.429. The van der Waals surface area contributed by atoms with Crippen molar-refractivity contribution in [3.63, 3.8) is 0 Å². The molecule has 6 heteroatoms. The number of piperidine rings is 1. The van der Waals surface area contributed by atoms with Crippen molar-refractivity contribution in [3.8, 4) is 0 Å². The Bertz CT molecular complexity index is 525. The molecule has 0 aliphatic carbocycles. The molecule has 108 valence electrons. The zero-order valence-corrected chi connectivity index (χ0v) is 12.0. The second-order valence-corrected chi connectivity index (χ2v) is 5.42. The van der Waals surface area contributed by atoms with E-state index < -0.39 is 5.97 Å². The molecule has 1 fully saturated rings. The number of aryl methyl sites for hydroxylation is 1. The summed E-state index contributed by atoms with van der Waals surface area (Å²) >= 11 is 6.07. The van der Waals surface area contributed by atoms with Gasteiger partial charge in [-0.25, -0.2) is 4.79 Å². The Hall–Kier alpha value is -1.75. The number of carbonyl (C=O) groups excluding carboxylic acids is 1. The van der Waals surface area contributed by atoms with Crippen molar-refractivity contribution < 1.29 is 14.7 Å². The molecule has 1 aromatic rings. The number of carbonyl (C=O) groups is 2. The number of nitrogens with zero attached hydrogens (tertiary/aromatic N) is 1. The van der Waals surface area contributed by atoms with Gasteiger partial charge >= 0.3 is 12.0 Å². The molecule has 0 spiro atoms. The van der Waals surface area contributed by atoms with Gasteiger partial charge in [0.2, 0.25) is 0 Å². The first-order chi connectivity index (χ1) is 9.47. The van der Waals surface area contributed by atoms with E-state index in [1.54, 1.807) is 17.0 Å². The monoisotopic (exact) mass is 296 g/mol. The molecule has 0 atom stereocenters. The summed E-state index contributed by atoms with van der Waals surface area (Å²) in [5.74, 6) is -1.13. The molecular formula is C14H17ClN2O3. The first-order valence-electron chi connectivity index (χ1n) is 6.52. The fourth-order valence-corrected chi connectivity index (χ4v) is 2.53. The van der Waals surface area contributed by atoms with Crippen LogP contribution in [0.3, 0.4) is 0 Å². The van der Waals surface area contributed by atoms with Crippen molar-refractivity contribution in [1.29, 1.82) is 0 Å². The lowest BCUT2D eigenvalue weighted by molar-refractivity contribution is -0.143. The number of anilines is 1. The second-order valence-electron chi connectivity index (χ2n) is 5.01. The maximum absolute atomic E-state index is 12.1. The van der Waals surface area contributed by atoms with Crippen molar-refractivity contribution in [2.75, 3.05) is 18.4 Å². The average molecular weight is 297 g/mol. The Morgan fingerprint density at radius 2 is 2.00 bits per heavy atom. The quantitative estimate of drug-likeness (QED) is 0.881. The van der Waals surface area contributed by atoms with Crippen LogP contribution in [0.4, 0.5) is 10.5 Å². The molecule has 2 rings (SSSR count). The highest BCUT2D eigenvalue weighted by atomic mass is 35.5. The zero-order chi connectivity index (χ0) is 14.7. The van der Waals surface area contributed by atoms with E-state index in [1.165, 1.54) is 0 Å². The molecular weight excluding hydrogens is 280 g/mol. The third kappa shape index (κ3) is 3.42. The third-order valence-electron chi connectivity index (χ3n) is 3.50. The smallest absolute Gasteiger partial charge is 0.321 e. The van der Waals surface area contributed by atoms with Gasteiger partial charge in [0.1, 0.15) is 0 Å². The highest BCUT2D eigenvalue weighted by Gasteiger charge is 2.27. The number of carboxylic acid groups (broad SMARTS) is 1. The van der Waals surface area contributed by atoms with Crippen molar-refractivity contribution in [3.05, 3.63) is 28.8 Å². The summed E-state index contributed by atoms with van der Waals surface area (Å²) in [6.07, 6.45) is 0.981. The van der Waals surface area contributed by atoms with Gasteiger partial charge in [0.25, 0.3) is 0 Å². The summed E-state index contributed by atoms with van der Waals surface area (Å²) in [5.41, 5.74) is 1.60. The Kier molecular flexibility index (Phi) is 4.49. The lowest BCUT2D eigenvalue weighted by Gasteiger charge is -2.30. The molecule has 5 nitrogen and oxygen atoms in total. The van der Waals surface area contributed by atoms with Crippen LogP contribution in [0.5, 0.6) is 0 Å². The van der Waals surface area contributed by atoms with E-state index in [9.17, 15) is 9.59 Å². The predicted molar refractivity (Wildman–Crippen MR) is 77.1 cm³/mol. The number of halogens is 1. The zero-order valence-electron chi connectivity index (χ0n) is 11.2. The van der Waals surface area contributed by atoms with E-state index in [2.05, 4.69) is 5.32 Å². The van der Waals surface area contributed by atoms with Crippen LogP contribution in [-0.4, -0.2) is 35.1 Å². The minimum Gasteiger partial charge on any atom is -0.481 e. The molecule has 1 aromatic carbocycles. The van der Waals surface area contributed by atoms with Crippen LogP contribution in [0.2, 0.25) is 5.02 Å². The number of hydrogen-bond donors (Lipinski definition) is 2. The summed E-state index contributed by atoms with van der Waals surface area (Å²) in [5, 5.41) is 12.2. The van der Waals surface area contributed by atoms with Gasteiger partial charge in [0, 0.05) is 13.1 Å². The normalized spacial score (nSPS) is 16.0. The van der Waals surface area contributed by atoms with E-state index in [4.69, 9.17) is 16.7 Å². The molecule has 0 unspecified atom stereocenters. The molecule has 1 aliphatic heterocycles. The first kappa shape index (κ1) is 14.7. The number of urea groups is 1. The van der Waals surface area contributed by atoms with Gasteiger partial charge in [-0.2, -0.15) is 0 Å².